The molecule has 1 fully saturated rings. The Hall–Kier alpha value is -3.51. The number of hydrogen-bond donors (Lipinski definition) is 1. The molecular weight excluding hydrogens is 431 g/mol. The summed E-state index contributed by atoms with van der Waals surface area (Å²) in [5.74, 6) is -0.270. The van der Waals surface area contributed by atoms with Crippen LogP contribution in [0.3, 0.4) is 0 Å². The summed E-state index contributed by atoms with van der Waals surface area (Å²) < 4.78 is 16.0. The van der Waals surface area contributed by atoms with E-state index in [1.54, 1.807) is 18.3 Å². The van der Waals surface area contributed by atoms with Crippen molar-refractivity contribution in [2.45, 2.75) is 32.9 Å². The van der Waals surface area contributed by atoms with Gasteiger partial charge in [-0.3, -0.25) is 4.98 Å². The Morgan fingerprint density at radius 1 is 0.848 bits per heavy atom. The molecule has 1 aliphatic heterocycles. The number of halogens is 1. The number of hydrogen-bond acceptors (Lipinski definition) is 2. The monoisotopic (exact) mass is 456 g/mol. The first-order valence-corrected chi connectivity index (χ1v) is 11.4. The van der Waals surface area contributed by atoms with Gasteiger partial charge in [-0.25, -0.2) is 4.39 Å². The number of thiocarbonyl (C=S) groups is 1. The van der Waals surface area contributed by atoms with Crippen LogP contribution in [0.2, 0.25) is 0 Å². The maximum absolute atomic E-state index is 13.7. The first kappa shape index (κ1) is 21.3. The predicted octanol–water partition coefficient (Wildman–Crippen LogP) is 6.11. The molecule has 2 aromatic carbocycles. The minimum absolute atomic E-state index is 0.137. The lowest BCUT2D eigenvalue weighted by Crippen LogP contribution is -2.29. The number of nitrogens with zero attached hydrogens (tertiary/aromatic N) is 3. The molecule has 3 heterocycles. The van der Waals surface area contributed by atoms with Gasteiger partial charge in [-0.1, -0.05) is 24.3 Å². The van der Waals surface area contributed by atoms with E-state index < -0.39 is 0 Å². The molecule has 0 amide bonds. The third-order valence-electron chi connectivity index (χ3n) is 6.52. The fourth-order valence-electron chi connectivity index (χ4n) is 4.93. The van der Waals surface area contributed by atoms with Crippen molar-refractivity contribution in [1.29, 1.82) is 0 Å². The molecule has 0 radical (unpaired) electrons. The lowest BCUT2D eigenvalue weighted by atomic mass is 9.93. The molecule has 0 spiro atoms. The van der Waals surface area contributed by atoms with Gasteiger partial charge in [0, 0.05) is 34.5 Å². The van der Waals surface area contributed by atoms with E-state index >= 15 is 0 Å². The zero-order valence-electron chi connectivity index (χ0n) is 18.8. The summed E-state index contributed by atoms with van der Waals surface area (Å²) in [5.41, 5.74) is 7.63. The number of nitrogens with one attached hydrogen (secondary N) is 1. The van der Waals surface area contributed by atoms with Crippen molar-refractivity contribution >= 4 is 23.0 Å². The van der Waals surface area contributed by atoms with E-state index in [9.17, 15) is 4.39 Å². The van der Waals surface area contributed by atoms with Gasteiger partial charge in [0.15, 0.2) is 5.11 Å². The third-order valence-corrected chi connectivity index (χ3v) is 6.83. The van der Waals surface area contributed by atoms with Gasteiger partial charge in [0.2, 0.25) is 0 Å². The number of rotatable bonds is 4. The Bertz CT molecular complexity index is 1300. The Morgan fingerprint density at radius 3 is 2.21 bits per heavy atom. The molecule has 2 unspecified atom stereocenters. The van der Waals surface area contributed by atoms with Crippen LogP contribution in [0.1, 0.15) is 40.3 Å². The van der Waals surface area contributed by atoms with E-state index in [0.29, 0.717) is 5.11 Å². The summed E-state index contributed by atoms with van der Waals surface area (Å²) in [7, 11) is 0. The largest absolute Gasteiger partial charge is 0.351 e. The molecule has 5 rings (SSSR count). The molecule has 0 saturated carbocycles. The van der Waals surface area contributed by atoms with Crippen LogP contribution in [-0.2, 0) is 0 Å². The van der Waals surface area contributed by atoms with Crippen LogP contribution in [0, 0.1) is 26.6 Å². The molecule has 166 valence electrons. The maximum Gasteiger partial charge on any atom is 0.174 e. The van der Waals surface area contributed by atoms with Crippen molar-refractivity contribution in [1.82, 2.24) is 14.9 Å². The van der Waals surface area contributed by atoms with E-state index in [1.165, 1.54) is 29.0 Å². The smallest absolute Gasteiger partial charge is 0.174 e. The van der Waals surface area contributed by atoms with Crippen LogP contribution in [0.4, 0.5) is 10.1 Å². The predicted molar refractivity (Wildman–Crippen MR) is 134 cm³/mol. The van der Waals surface area contributed by atoms with Crippen molar-refractivity contribution in [3.63, 3.8) is 0 Å². The molecule has 1 saturated heterocycles. The van der Waals surface area contributed by atoms with Crippen molar-refractivity contribution in [2.75, 3.05) is 4.90 Å². The Morgan fingerprint density at radius 2 is 1.55 bits per heavy atom. The van der Waals surface area contributed by atoms with Crippen LogP contribution < -0.4 is 10.2 Å². The fraction of sp³-hybridized carbons (Fsp3) is 0.185. The van der Waals surface area contributed by atoms with E-state index in [2.05, 4.69) is 64.8 Å². The highest BCUT2D eigenvalue weighted by atomic mass is 32.1. The summed E-state index contributed by atoms with van der Waals surface area (Å²) in [5, 5.41) is 4.10. The molecule has 2 atom stereocenters. The van der Waals surface area contributed by atoms with E-state index in [0.717, 1.165) is 22.8 Å². The van der Waals surface area contributed by atoms with Crippen LogP contribution in [-0.4, -0.2) is 14.7 Å². The molecular formula is C27H25FN4S. The molecule has 6 heteroatoms. The zero-order chi connectivity index (χ0) is 23.1. The number of pyridine rings is 1. The van der Waals surface area contributed by atoms with Crippen LogP contribution in [0.25, 0.3) is 5.69 Å². The lowest BCUT2D eigenvalue weighted by molar-refractivity contribution is 0.563. The van der Waals surface area contributed by atoms with Crippen molar-refractivity contribution in [3.05, 3.63) is 113 Å². The molecule has 2 aromatic heterocycles. The second-order valence-electron chi connectivity index (χ2n) is 8.35. The normalized spacial score (nSPS) is 17.9. The number of aromatic nitrogens is 2. The van der Waals surface area contributed by atoms with Gasteiger partial charge >= 0.3 is 0 Å². The quantitative estimate of drug-likeness (QED) is 0.376. The van der Waals surface area contributed by atoms with Gasteiger partial charge < -0.3 is 14.8 Å². The van der Waals surface area contributed by atoms with E-state index in [4.69, 9.17) is 12.2 Å². The molecule has 33 heavy (non-hydrogen) atoms. The average Bonchev–Trinajstić information content (AvgIpc) is 3.28. The Kier molecular flexibility index (Phi) is 5.46. The maximum atomic E-state index is 13.7. The lowest BCUT2D eigenvalue weighted by Gasteiger charge is -2.29. The highest BCUT2D eigenvalue weighted by Crippen LogP contribution is 2.45. The summed E-state index contributed by atoms with van der Waals surface area (Å²) in [6.45, 7) is 6.47. The summed E-state index contributed by atoms with van der Waals surface area (Å²) in [6, 6.07) is 22.5. The summed E-state index contributed by atoms with van der Waals surface area (Å²) >= 11 is 5.82. The van der Waals surface area contributed by atoms with Gasteiger partial charge in [-0.15, -0.1) is 0 Å². The van der Waals surface area contributed by atoms with E-state index in [1.807, 2.05) is 24.3 Å². The zero-order valence-corrected chi connectivity index (χ0v) is 19.6. The number of benzene rings is 2. The van der Waals surface area contributed by atoms with Crippen LogP contribution >= 0.6 is 12.2 Å². The van der Waals surface area contributed by atoms with Gasteiger partial charge in [0.05, 0.1) is 17.8 Å². The van der Waals surface area contributed by atoms with Gasteiger partial charge in [-0.2, -0.15) is 0 Å². The first-order chi connectivity index (χ1) is 16.0. The molecule has 4 aromatic rings. The van der Waals surface area contributed by atoms with Gasteiger partial charge in [0.25, 0.3) is 0 Å². The van der Waals surface area contributed by atoms with Crippen molar-refractivity contribution < 1.29 is 4.39 Å². The molecule has 4 nitrogen and oxygen atoms in total. The third kappa shape index (κ3) is 3.60. The first-order valence-electron chi connectivity index (χ1n) is 11.0. The summed E-state index contributed by atoms with van der Waals surface area (Å²) in [4.78, 5) is 6.74. The van der Waals surface area contributed by atoms with Crippen LogP contribution in [0.15, 0.2) is 79.0 Å². The highest BCUT2D eigenvalue weighted by molar-refractivity contribution is 7.80. The molecule has 0 aliphatic carbocycles. The van der Waals surface area contributed by atoms with Crippen LogP contribution in [0.5, 0.6) is 0 Å². The molecule has 1 N–H and O–H groups in total. The van der Waals surface area contributed by atoms with Crippen molar-refractivity contribution in [2.24, 2.45) is 0 Å². The minimum Gasteiger partial charge on any atom is -0.351 e. The topological polar surface area (TPSA) is 33.1 Å². The summed E-state index contributed by atoms with van der Waals surface area (Å²) in [6.07, 6.45) is 1.80. The highest BCUT2D eigenvalue weighted by Gasteiger charge is 2.43. The fourth-order valence-corrected chi connectivity index (χ4v) is 5.28. The average molecular weight is 457 g/mol. The van der Waals surface area contributed by atoms with Gasteiger partial charge in [-0.05, 0) is 87.1 Å². The van der Waals surface area contributed by atoms with Gasteiger partial charge in [0.1, 0.15) is 5.82 Å². The molecule has 1 aliphatic rings. The SMILES string of the molecule is Cc1c(C2C(c3ccccn3)NC(=S)N2c2ccc(F)cc2)c(C)n(-c2ccccc2)c1C. The standard InChI is InChI=1S/C27H25FN4S/c1-17-18(2)31(21-9-5-4-6-10-21)19(3)24(17)26-25(23-11-7-8-16-29-23)30-27(33)32(26)22-14-12-20(28)13-15-22/h4-16,25-26H,1-3H3,(H,30,33). The Balaban J connectivity index is 1.72. The van der Waals surface area contributed by atoms with Crippen molar-refractivity contribution in [3.8, 4) is 5.69 Å². The second-order valence-corrected chi connectivity index (χ2v) is 8.74. The number of para-hydroxylation sites is 1. The Labute approximate surface area is 198 Å². The van der Waals surface area contributed by atoms with E-state index in [-0.39, 0.29) is 17.9 Å². The second kappa shape index (κ2) is 8.45. The molecule has 0 bridgehead atoms. The minimum atomic E-state index is -0.270. The number of anilines is 1.